The Kier molecular flexibility index (Phi) is 5.52. The lowest BCUT2D eigenvalue weighted by molar-refractivity contribution is -0.140. The molecule has 0 radical (unpaired) electrons. The molecule has 0 spiro atoms. The number of carbonyl (C=O) groups is 2. The van der Waals surface area contributed by atoms with Gasteiger partial charge in [0.05, 0.1) is 0 Å². The summed E-state index contributed by atoms with van der Waals surface area (Å²) in [5, 5.41) is 2.69. The maximum atomic E-state index is 13.8. The van der Waals surface area contributed by atoms with Crippen molar-refractivity contribution in [2.24, 2.45) is 5.92 Å². The van der Waals surface area contributed by atoms with E-state index in [0.717, 1.165) is 6.07 Å². The first-order valence-electron chi connectivity index (χ1n) is 7.55. The van der Waals surface area contributed by atoms with Crippen molar-refractivity contribution in [2.75, 3.05) is 19.6 Å². The van der Waals surface area contributed by atoms with Crippen LogP contribution in [-0.4, -0.2) is 42.5 Å². The number of halogens is 2. The Labute approximate surface area is 133 Å². The summed E-state index contributed by atoms with van der Waals surface area (Å²) in [7, 11) is 0. The summed E-state index contributed by atoms with van der Waals surface area (Å²) < 4.78 is 32.2. The summed E-state index contributed by atoms with van der Waals surface area (Å²) in [6, 6.07) is 2.96. The fourth-order valence-corrected chi connectivity index (χ4v) is 2.35. The SMILES string of the molecule is CC(C)[C@@H](Oc1ccc(F)cc1F)C(=O)N1CCNC(=O)CC1. The zero-order chi connectivity index (χ0) is 17.0. The Bertz CT molecular complexity index is 593. The molecule has 0 aromatic heterocycles. The summed E-state index contributed by atoms with van der Waals surface area (Å²) in [5.74, 6) is -2.34. The molecule has 23 heavy (non-hydrogen) atoms. The van der Waals surface area contributed by atoms with Crippen molar-refractivity contribution in [3.8, 4) is 5.75 Å². The minimum atomic E-state index is -0.900. The third-order valence-electron chi connectivity index (χ3n) is 3.62. The Morgan fingerprint density at radius 2 is 2.04 bits per heavy atom. The van der Waals surface area contributed by atoms with Crippen molar-refractivity contribution in [1.29, 1.82) is 0 Å². The Hall–Kier alpha value is -2.18. The highest BCUT2D eigenvalue weighted by Crippen LogP contribution is 2.22. The van der Waals surface area contributed by atoms with Crippen LogP contribution in [0.2, 0.25) is 0 Å². The van der Waals surface area contributed by atoms with Crippen LogP contribution < -0.4 is 10.1 Å². The molecule has 2 amide bonds. The third kappa shape index (κ3) is 4.40. The molecule has 1 aromatic rings. The van der Waals surface area contributed by atoms with Gasteiger partial charge < -0.3 is 15.0 Å². The molecule has 1 heterocycles. The second kappa shape index (κ2) is 7.39. The number of nitrogens with zero attached hydrogens (tertiary/aromatic N) is 1. The van der Waals surface area contributed by atoms with Crippen LogP contribution in [0.5, 0.6) is 5.75 Å². The molecule has 1 fully saturated rings. The summed E-state index contributed by atoms with van der Waals surface area (Å²) in [6.45, 7) is 4.61. The molecule has 1 atom stereocenters. The van der Waals surface area contributed by atoms with E-state index >= 15 is 0 Å². The van der Waals surface area contributed by atoms with Crippen molar-refractivity contribution < 1.29 is 23.1 Å². The van der Waals surface area contributed by atoms with E-state index in [4.69, 9.17) is 4.74 Å². The number of amides is 2. The first kappa shape index (κ1) is 17.2. The van der Waals surface area contributed by atoms with Gasteiger partial charge in [-0.1, -0.05) is 13.8 Å². The first-order chi connectivity index (χ1) is 10.9. The van der Waals surface area contributed by atoms with Gasteiger partial charge in [-0.25, -0.2) is 8.78 Å². The molecular formula is C16H20F2N2O3. The van der Waals surface area contributed by atoms with Crippen LogP contribution in [0, 0.1) is 17.6 Å². The van der Waals surface area contributed by atoms with E-state index in [1.54, 1.807) is 13.8 Å². The third-order valence-corrected chi connectivity index (χ3v) is 3.62. The molecule has 2 rings (SSSR count). The second-order valence-corrected chi connectivity index (χ2v) is 5.78. The van der Waals surface area contributed by atoms with E-state index in [1.807, 2.05) is 0 Å². The second-order valence-electron chi connectivity index (χ2n) is 5.78. The summed E-state index contributed by atoms with van der Waals surface area (Å²) in [5.41, 5.74) is 0. The number of carbonyl (C=O) groups excluding carboxylic acids is 2. The van der Waals surface area contributed by atoms with Crippen LogP contribution in [0.3, 0.4) is 0 Å². The predicted molar refractivity (Wildman–Crippen MR) is 79.8 cm³/mol. The molecule has 126 valence electrons. The number of nitrogens with one attached hydrogen (secondary N) is 1. The van der Waals surface area contributed by atoms with Gasteiger partial charge in [-0.3, -0.25) is 9.59 Å². The monoisotopic (exact) mass is 326 g/mol. The van der Waals surface area contributed by atoms with Crippen molar-refractivity contribution in [1.82, 2.24) is 10.2 Å². The zero-order valence-electron chi connectivity index (χ0n) is 13.1. The van der Waals surface area contributed by atoms with E-state index in [0.29, 0.717) is 25.7 Å². The molecule has 0 unspecified atom stereocenters. The number of ether oxygens (including phenoxy) is 1. The number of hydrogen-bond acceptors (Lipinski definition) is 3. The van der Waals surface area contributed by atoms with Crippen LogP contribution in [-0.2, 0) is 9.59 Å². The molecule has 1 aliphatic heterocycles. The summed E-state index contributed by atoms with van der Waals surface area (Å²) in [6.07, 6.45) is -0.676. The average Bonchev–Trinajstić information content (AvgIpc) is 2.70. The number of hydrogen-bond donors (Lipinski definition) is 1. The van der Waals surface area contributed by atoms with Crippen LogP contribution in [0.25, 0.3) is 0 Å². The van der Waals surface area contributed by atoms with E-state index in [-0.39, 0.29) is 29.9 Å². The minimum Gasteiger partial charge on any atom is -0.477 e. The van der Waals surface area contributed by atoms with E-state index < -0.39 is 17.7 Å². The minimum absolute atomic E-state index is 0.105. The highest BCUT2D eigenvalue weighted by Gasteiger charge is 2.30. The van der Waals surface area contributed by atoms with Gasteiger partial charge in [-0.05, 0) is 18.1 Å². The Balaban J connectivity index is 2.13. The summed E-state index contributed by atoms with van der Waals surface area (Å²) in [4.78, 5) is 25.5. The van der Waals surface area contributed by atoms with Crippen LogP contribution in [0.4, 0.5) is 8.78 Å². The van der Waals surface area contributed by atoms with Gasteiger partial charge in [0, 0.05) is 32.1 Å². The van der Waals surface area contributed by atoms with Gasteiger partial charge in [0.15, 0.2) is 17.7 Å². The average molecular weight is 326 g/mol. The van der Waals surface area contributed by atoms with Gasteiger partial charge in [-0.15, -0.1) is 0 Å². The molecule has 0 aliphatic carbocycles. The maximum Gasteiger partial charge on any atom is 0.263 e. The molecule has 0 bridgehead atoms. The number of rotatable bonds is 4. The first-order valence-corrected chi connectivity index (χ1v) is 7.55. The van der Waals surface area contributed by atoms with Crippen molar-refractivity contribution in [3.63, 3.8) is 0 Å². The van der Waals surface area contributed by atoms with Gasteiger partial charge >= 0.3 is 0 Å². The molecule has 5 nitrogen and oxygen atoms in total. The van der Waals surface area contributed by atoms with Crippen molar-refractivity contribution in [3.05, 3.63) is 29.8 Å². The van der Waals surface area contributed by atoms with Crippen molar-refractivity contribution >= 4 is 11.8 Å². The molecule has 1 aliphatic rings. The molecule has 0 saturated carbocycles. The van der Waals surface area contributed by atoms with Crippen LogP contribution in [0.15, 0.2) is 18.2 Å². The topological polar surface area (TPSA) is 58.6 Å². The van der Waals surface area contributed by atoms with Gasteiger partial charge in [0.1, 0.15) is 5.82 Å². The standard InChI is InChI=1S/C16H20F2N2O3/c1-10(2)15(23-13-4-3-11(17)9-12(13)18)16(22)20-7-5-14(21)19-6-8-20/h3-4,9-10,15H,5-8H2,1-2H3,(H,19,21)/t15-/m1/s1. The Morgan fingerprint density at radius 3 is 2.70 bits per heavy atom. The van der Waals surface area contributed by atoms with Crippen molar-refractivity contribution in [2.45, 2.75) is 26.4 Å². The molecule has 1 aromatic carbocycles. The highest BCUT2D eigenvalue weighted by molar-refractivity contribution is 5.83. The molecule has 1 N–H and O–H groups in total. The predicted octanol–water partition coefficient (Wildman–Crippen LogP) is 1.72. The fourth-order valence-electron chi connectivity index (χ4n) is 2.35. The largest absolute Gasteiger partial charge is 0.477 e. The Morgan fingerprint density at radius 1 is 1.30 bits per heavy atom. The fraction of sp³-hybridized carbons (Fsp3) is 0.500. The smallest absolute Gasteiger partial charge is 0.263 e. The summed E-state index contributed by atoms with van der Waals surface area (Å²) >= 11 is 0. The normalized spacial score (nSPS) is 16.7. The maximum absolute atomic E-state index is 13.8. The molecule has 1 saturated heterocycles. The quantitative estimate of drug-likeness (QED) is 0.916. The van der Waals surface area contributed by atoms with E-state index in [1.165, 1.54) is 11.0 Å². The lowest BCUT2D eigenvalue weighted by atomic mass is 10.1. The molecule has 7 heteroatoms. The number of benzene rings is 1. The zero-order valence-corrected chi connectivity index (χ0v) is 13.1. The lowest BCUT2D eigenvalue weighted by Gasteiger charge is -2.28. The van der Waals surface area contributed by atoms with E-state index in [9.17, 15) is 18.4 Å². The lowest BCUT2D eigenvalue weighted by Crippen LogP contribution is -2.46. The van der Waals surface area contributed by atoms with Crippen LogP contribution >= 0.6 is 0 Å². The molecular weight excluding hydrogens is 306 g/mol. The van der Waals surface area contributed by atoms with Gasteiger partial charge in [-0.2, -0.15) is 0 Å². The van der Waals surface area contributed by atoms with E-state index in [2.05, 4.69) is 5.32 Å². The van der Waals surface area contributed by atoms with Crippen LogP contribution in [0.1, 0.15) is 20.3 Å². The highest BCUT2D eigenvalue weighted by atomic mass is 19.1. The van der Waals surface area contributed by atoms with Gasteiger partial charge in [0.2, 0.25) is 5.91 Å². The van der Waals surface area contributed by atoms with Gasteiger partial charge in [0.25, 0.3) is 5.91 Å².